The number of carbonyl (C=O) groups is 2. The largest absolute Gasteiger partial charge is 0.465 e. The summed E-state index contributed by atoms with van der Waals surface area (Å²) < 4.78 is 4.64. The highest BCUT2D eigenvalue weighted by molar-refractivity contribution is 8.13. The zero-order valence-corrected chi connectivity index (χ0v) is 11.1. The first kappa shape index (κ1) is 14.3. The minimum atomic E-state index is -0.458. The van der Waals surface area contributed by atoms with Gasteiger partial charge in [0.1, 0.15) is 0 Å². The van der Waals surface area contributed by atoms with Crippen LogP contribution in [0, 0.1) is 0 Å². The van der Waals surface area contributed by atoms with E-state index in [2.05, 4.69) is 4.74 Å². The highest BCUT2D eigenvalue weighted by Crippen LogP contribution is 2.16. The third kappa shape index (κ3) is 4.25. The molecule has 0 fully saturated rings. The maximum atomic E-state index is 11.4. The lowest BCUT2D eigenvalue weighted by Gasteiger charge is -2.04. The molecule has 0 aliphatic rings. The first-order chi connectivity index (χ1) is 8.54. The van der Waals surface area contributed by atoms with Crippen LogP contribution >= 0.6 is 11.8 Å². The zero-order valence-electron chi connectivity index (χ0n) is 10.3. The van der Waals surface area contributed by atoms with Gasteiger partial charge in [-0.15, -0.1) is 0 Å². The number of hydrogen-bond acceptors (Lipinski definition) is 5. The Morgan fingerprint density at radius 1 is 1.44 bits per heavy atom. The quantitative estimate of drug-likeness (QED) is 0.668. The fourth-order valence-electron chi connectivity index (χ4n) is 1.31. The number of rotatable bonds is 4. The molecule has 0 aromatic heterocycles. The Kier molecular flexibility index (Phi) is 5.45. The van der Waals surface area contributed by atoms with Crippen LogP contribution < -0.4 is 5.73 Å². The van der Waals surface area contributed by atoms with Crippen LogP contribution in [0.25, 0.3) is 6.08 Å². The van der Waals surface area contributed by atoms with Crippen molar-refractivity contribution in [2.75, 3.05) is 18.6 Å². The summed E-state index contributed by atoms with van der Waals surface area (Å²) in [5.41, 5.74) is 7.26. The zero-order chi connectivity index (χ0) is 13.5. The van der Waals surface area contributed by atoms with Gasteiger partial charge in [-0.3, -0.25) is 4.79 Å². The van der Waals surface area contributed by atoms with Crippen molar-refractivity contribution >= 4 is 34.6 Å². The Balaban J connectivity index is 2.79. The maximum Gasteiger partial charge on any atom is 0.339 e. The van der Waals surface area contributed by atoms with Crippen molar-refractivity contribution in [1.82, 2.24) is 0 Å². The van der Waals surface area contributed by atoms with Gasteiger partial charge in [-0.2, -0.15) is 0 Å². The third-order valence-electron chi connectivity index (χ3n) is 2.18. The number of carbonyl (C=O) groups excluding carboxylic acids is 2. The van der Waals surface area contributed by atoms with Crippen molar-refractivity contribution in [3.8, 4) is 0 Å². The van der Waals surface area contributed by atoms with E-state index in [1.807, 2.05) is 12.2 Å². The van der Waals surface area contributed by atoms with E-state index in [1.165, 1.54) is 25.8 Å². The van der Waals surface area contributed by atoms with Gasteiger partial charge in [0.15, 0.2) is 5.12 Å². The molecule has 1 aromatic carbocycles. The van der Waals surface area contributed by atoms with Gasteiger partial charge in [0.2, 0.25) is 0 Å². The van der Waals surface area contributed by atoms with Crippen molar-refractivity contribution in [3.05, 3.63) is 35.4 Å². The fraction of sp³-hybridized carbons (Fsp3) is 0.231. The molecule has 0 aliphatic carbocycles. The number of ether oxygens (including phenoxy) is 1. The van der Waals surface area contributed by atoms with Crippen LogP contribution in [0.2, 0.25) is 0 Å². The van der Waals surface area contributed by atoms with Crippen LogP contribution in [0.5, 0.6) is 0 Å². The Labute approximate surface area is 110 Å². The molecular formula is C13H15NO3S. The lowest BCUT2D eigenvalue weighted by Crippen LogP contribution is -2.05. The summed E-state index contributed by atoms with van der Waals surface area (Å²) in [6.45, 7) is 1.52. The van der Waals surface area contributed by atoms with Crippen molar-refractivity contribution in [1.29, 1.82) is 0 Å². The monoisotopic (exact) mass is 265 g/mol. The number of esters is 1. The van der Waals surface area contributed by atoms with Crippen molar-refractivity contribution < 1.29 is 14.3 Å². The highest BCUT2D eigenvalue weighted by Gasteiger charge is 2.09. The lowest BCUT2D eigenvalue weighted by atomic mass is 10.1. The Hall–Kier alpha value is -1.75. The average molecular weight is 265 g/mol. The van der Waals surface area contributed by atoms with Crippen LogP contribution in [0.3, 0.4) is 0 Å². The maximum absolute atomic E-state index is 11.4. The number of nitrogen functional groups attached to an aromatic ring is 1. The van der Waals surface area contributed by atoms with Gasteiger partial charge in [-0.1, -0.05) is 30.0 Å². The molecule has 96 valence electrons. The number of benzene rings is 1. The van der Waals surface area contributed by atoms with E-state index in [4.69, 9.17) is 5.73 Å². The van der Waals surface area contributed by atoms with E-state index in [1.54, 1.807) is 18.2 Å². The smallest absolute Gasteiger partial charge is 0.339 e. The molecule has 0 heterocycles. The first-order valence-corrected chi connectivity index (χ1v) is 6.31. The first-order valence-electron chi connectivity index (χ1n) is 5.32. The molecule has 0 unspecified atom stereocenters. The van der Waals surface area contributed by atoms with Crippen molar-refractivity contribution in [2.24, 2.45) is 0 Å². The second-order valence-electron chi connectivity index (χ2n) is 3.54. The summed E-state index contributed by atoms with van der Waals surface area (Å²) in [6.07, 6.45) is 3.69. The molecule has 0 saturated carbocycles. The van der Waals surface area contributed by atoms with Gasteiger partial charge < -0.3 is 10.5 Å². The molecule has 0 spiro atoms. The van der Waals surface area contributed by atoms with Gasteiger partial charge in [0.25, 0.3) is 0 Å². The summed E-state index contributed by atoms with van der Waals surface area (Å²) in [6, 6.07) is 5.12. The van der Waals surface area contributed by atoms with Crippen LogP contribution in [-0.4, -0.2) is 23.9 Å². The SMILES string of the molecule is COC(=O)c1cc(C=CCSC(C)=O)ccc1N. The molecule has 4 nitrogen and oxygen atoms in total. The van der Waals surface area contributed by atoms with E-state index < -0.39 is 5.97 Å². The van der Waals surface area contributed by atoms with E-state index in [0.29, 0.717) is 17.0 Å². The fourth-order valence-corrected chi connectivity index (χ4v) is 1.74. The lowest BCUT2D eigenvalue weighted by molar-refractivity contribution is -0.109. The van der Waals surface area contributed by atoms with E-state index in [-0.39, 0.29) is 5.12 Å². The molecule has 1 rings (SSSR count). The molecular weight excluding hydrogens is 250 g/mol. The number of nitrogens with two attached hydrogens (primary N) is 1. The number of anilines is 1. The summed E-state index contributed by atoms with van der Waals surface area (Å²) in [5, 5.41) is 0.0761. The topological polar surface area (TPSA) is 69.4 Å². The van der Waals surface area contributed by atoms with Crippen molar-refractivity contribution in [2.45, 2.75) is 6.92 Å². The normalized spacial score (nSPS) is 10.6. The Morgan fingerprint density at radius 3 is 2.78 bits per heavy atom. The summed E-state index contributed by atoms with van der Waals surface area (Å²) in [5.74, 6) is 0.147. The molecule has 2 N–H and O–H groups in total. The molecule has 0 radical (unpaired) electrons. The Bertz CT molecular complexity index is 483. The molecule has 0 aliphatic heterocycles. The van der Waals surface area contributed by atoms with Crippen molar-refractivity contribution in [3.63, 3.8) is 0 Å². The predicted molar refractivity (Wildman–Crippen MR) is 74.4 cm³/mol. The summed E-state index contributed by atoms with van der Waals surface area (Å²) in [4.78, 5) is 22.2. The molecule has 0 amide bonds. The second-order valence-corrected chi connectivity index (χ2v) is 4.74. The van der Waals surface area contributed by atoms with Crippen LogP contribution in [0.4, 0.5) is 5.69 Å². The molecule has 18 heavy (non-hydrogen) atoms. The van der Waals surface area contributed by atoms with Crippen LogP contribution in [-0.2, 0) is 9.53 Å². The summed E-state index contributed by atoms with van der Waals surface area (Å²) >= 11 is 1.23. The van der Waals surface area contributed by atoms with Gasteiger partial charge in [0.05, 0.1) is 12.7 Å². The highest BCUT2D eigenvalue weighted by atomic mass is 32.2. The molecule has 0 saturated heterocycles. The molecule has 0 bridgehead atoms. The van der Waals surface area contributed by atoms with Crippen LogP contribution in [0.1, 0.15) is 22.8 Å². The second kappa shape index (κ2) is 6.86. The minimum absolute atomic E-state index is 0.0761. The average Bonchev–Trinajstić information content (AvgIpc) is 2.35. The summed E-state index contributed by atoms with van der Waals surface area (Å²) in [7, 11) is 1.31. The molecule has 1 aromatic rings. The van der Waals surface area contributed by atoms with Gasteiger partial charge >= 0.3 is 5.97 Å². The number of methoxy groups -OCH3 is 1. The Morgan fingerprint density at radius 2 is 2.17 bits per heavy atom. The third-order valence-corrected chi connectivity index (χ3v) is 2.94. The van der Waals surface area contributed by atoms with E-state index >= 15 is 0 Å². The standard InChI is InChI=1S/C13H15NO3S/c1-9(15)18-7-3-4-10-5-6-12(14)11(8-10)13(16)17-2/h3-6,8H,7,14H2,1-2H3. The van der Waals surface area contributed by atoms with Crippen LogP contribution in [0.15, 0.2) is 24.3 Å². The number of thioether (sulfide) groups is 1. The van der Waals surface area contributed by atoms with Gasteiger partial charge in [-0.05, 0) is 17.7 Å². The predicted octanol–water partition coefficient (Wildman–Crippen LogP) is 2.35. The van der Waals surface area contributed by atoms with E-state index in [9.17, 15) is 9.59 Å². The van der Waals surface area contributed by atoms with E-state index in [0.717, 1.165) is 5.56 Å². The molecule has 5 heteroatoms. The minimum Gasteiger partial charge on any atom is -0.465 e. The van der Waals surface area contributed by atoms with Gasteiger partial charge in [-0.25, -0.2) is 4.79 Å². The molecule has 0 atom stereocenters. The van der Waals surface area contributed by atoms with Gasteiger partial charge in [0, 0.05) is 18.4 Å². The number of hydrogen-bond donors (Lipinski definition) is 1.